The van der Waals surface area contributed by atoms with E-state index in [9.17, 15) is 23.1 Å². The number of hydrogen-bond donors (Lipinski definition) is 5. The Morgan fingerprint density at radius 3 is 2.43 bits per heavy atom. The van der Waals surface area contributed by atoms with Crippen LogP contribution in [0, 0.1) is 0 Å². The van der Waals surface area contributed by atoms with E-state index in [2.05, 4.69) is 20.7 Å². The minimum absolute atomic E-state index is 0.0330. The molecule has 0 aromatic heterocycles. The third-order valence-electron chi connectivity index (χ3n) is 3.64. The molecule has 0 atom stereocenters. The van der Waals surface area contributed by atoms with E-state index in [-0.39, 0.29) is 46.7 Å². The third-order valence-corrected chi connectivity index (χ3v) is 4.20. The second-order valence-corrected chi connectivity index (χ2v) is 6.82. The number of aliphatic hydroxyl groups excluding tert-OH is 1. The molecule has 6 N–H and O–H groups in total. The number of carbonyl (C=O) groups is 1. The number of alkyl halides is 3. The van der Waals surface area contributed by atoms with Crippen molar-refractivity contribution in [2.45, 2.75) is 12.8 Å². The molecule has 2 aromatic carbocycles. The lowest BCUT2D eigenvalue weighted by Gasteiger charge is -2.16. The van der Waals surface area contributed by atoms with E-state index in [1.54, 1.807) is 0 Å². The molecule has 7 nitrogen and oxygen atoms in total. The maximum Gasteiger partial charge on any atom is 0.573 e. The van der Waals surface area contributed by atoms with Crippen molar-refractivity contribution in [3.8, 4) is 5.75 Å². The molecule has 0 fully saturated rings. The number of benzene rings is 2. The SMILES string of the molecule is NCCNc1cc(NC(=O)Nc2cc(Cl)cc(Cl)c2CCO)cc(OC(F)(F)F)c1. The number of hydrogen-bond acceptors (Lipinski definition) is 5. The lowest BCUT2D eigenvalue weighted by Crippen LogP contribution is -2.21. The number of halogens is 5. The van der Waals surface area contributed by atoms with Gasteiger partial charge in [-0.2, -0.15) is 0 Å². The first-order chi connectivity index (χ1) is 14.1. The van der Waals surface area contributed by atoms with Gasteiger partial charge in [0.15, 0.2) is 0 Å². The number of ether oxygens (including phenoxy) is 1. The highest BCUT2D eigenvalue weighted by atomic mass is 35.5. The molecule has 0 saturated carbocycles. The lowest BCUT2D eigenvalue weighted by atomic mass is 10.1. The van der Waals surface area contributed by atoms with Gasteiger partial charge in [0, 0.05) is 58.9 Å². The van der Waals surface area contributed by atoms with Crippen LogP contribution in [-0.4, -0.2) is 37.2 Å². The van der Waals surface area contributed by atoms with Crippen molar-refractivity contribution >= 4 is 46.3 Å². The lowest BCUT2D eigenvalue weighted by molar-refractivity contribution is -0.274. The van der Waals surface area contributed by atoms with Crippen LogP contribution in [0.5, 0.6) is 5.75 Å². The van der Waals surface area contributed by atoms with Crippen LogP contribution in [0.4, 0.5) is 35.0 Å². The summed E-state index contributed by atoms with van der Waals surface area (Å²) in [5, 5.41) is 17.5. The number of aliphatic hydroxyl groups is 1. The summed E-state index contributed by atoms with van der Waals surface area (Å²) in [6.07, 6.45) is -4.74. The Morgan fingerprint density at radius 2 is 1.80 bits per heavy atom. The third kappa shape index (κ3) is 7.45. The molecule has 0 aliphatic carbocycles. The van der Waals surface area contributed by atoms with Gasteiger partial charge in [-0.25, -0.2) is 4.79 Å². The van der Waals surface area contributed by atoms with Crippen LogP contribution in [0.3, 0.4) is 0 Å². The van der Waals surface area contributed by atoms with Crippen LogP contribution in [-0.2, 0) is 6.42 Å². The standard InChI is InChI=1S/C18H19Cl2F3N4O3/c19-10-5-15(20)14(1-4-28)16(6-10)27-17(29)26-12-7-11(25-3-2-24)8-13(9-12)30-18(21,22)23/h5-9,25,28H,1-4,24H2,(H2,26,27,29). The molecule has 2 amide bonds. The smallest absolute Gasteiger partial charge is 0.406 e. The van der Waals surface area contributed by atoms with Crippen molar-refractivity contribution in [2.24, 2.45) is 5.73 Å². The molecule has 0 unspecified atom stereocenters. The van der Waals surface area contributed by atoms with E-state index in [1.165, 1.54) is 18.2 Å². The molecule has 30 heavy (non-hydrogen) atoms. The monoisotopic (exact) mass is 466 g/mol. The van der Waals surface area contributed by atoms with Gasteiger partial charge in [-0.15, -0.1) is 13.2 Å². The normalized spacial score (nSPS) is 11.2. The predicted molar refractivity (Wildman–Crippen MR) is 111 cm³/mol. The average Bonchev–Trinajstić information content (AvgIpc) is 2.61. The van der Waals surface area contributed by atoms with Gasteiger partial charge in [0.1, 0.15) is 5.75 Å². The Bertz CT molecular complexity index is 898. The second kappa shape index (κ2) is 10.6. The molecule has 0 spiro atoms. The minimum atomic E-state index is -4.90. The van der Waals surface area contributed by atoms with Crippen molar-refractivity contribution in [2.75, 3.05) is 35.6 Å². The number of nitrogens with two attached hydrogens (primary N) is 1. The molecule has 2 rings (SSSR count). The molecule has 0 radical (unpaired) electrons. The highest BCUT2D eigenvalue weighted by Crippen LogP contribution is 2.31. The first-order valence-corrected chi connectivity index (χ1v) is 9.38. The van der Waals surface area contributed by atoms with Gasteiger partial charge in [0.05, 0.1) is 0 Å². The molecule has 0 saturated heterocycles. The topological polar surface area (TPSA) is 109 Å². The van der Waals surface area contributed by atoms with E-state index in [1.807, 2.05) is 0 Å². The van der Waals surface area contributed by atoms with Gasteiger partial charge in [0.25, 0.3) is 0 Å². The molecule has 0 aliphatic heterocycles. The molecule has 0 heterocycles. The van der Waals surface area contributed by atoms with Gasteiger partial charge in [-0.1, -0.05) is 23.2 Å². The predicted octanol–water partition coefficient (Wildman–Crippen LogP) is 4.44. The van der Waals surface area contributed by atoms with Gasteiger partial charge in [-0.3, -0.25) is 0 Å². The summed E-state index contributed by atoms with van der Waals surface area (Å²) < 4.78 is 41.7. The highest BCUT2D eigenvalue weighted by Gasteiger charge is 2.31. The number of amides is 2. The van der Waals surface area contributed by atoms with E-state index < -0.39 is 18.1 Å². The molecule has 2 aromatic rings. The summed E-state index contributed by atoms with van der Waals surface area (Å²) >= 11 is 12.1. The summed E-state index contributed by atoms with van der Waals surface area (Å²) in [5.41, 5.74) is 6.40. The van der Waals surface area contributed by atoms with E-state index >= 15 is 0 Å². The van der Waals surface area contributed by atoms with Crippen LogP contribution in [0.25, 0.3) is 0 Å². The van der Waals surface area contributed by atoms with Crippen molar-refractivity contribution in [1.82, 2.24) is 0 Å². The number of carbonyl (C=O) groups excluding carboxylic acids is 1. The molecule has 164 valence electrons. The Hall–Kier alpha value is -2.40. The molecule has 0 aliphatic rings. The largest absolute Gasteiger partial charge is 0.573 e. The van der Waals surface area contributed by atoms with Crippen molar-refractivity contribution in [1.29, 1.82) is 0 Å². The summed E-state index contributed by atoms with van der Waals surface area (Å²) in [6, 6.07) is 5.70. The minimum Gasteiger partial charge on any atom is -0.406 e. The summed E-state index contributed by atoms with van der Waals surface area (Å²) in [5.74, 6) is -0.522. The van der Waals surface area contributed by atoms with E-state index in [0.29, 0.717) is 12.1 Å². The molecular formula is C18H19Cl2F3N4O3. The summed E-state index contributed by atoms with van der Waals surface area (Å²) in [4.78, 5) is 12.4. The Kier molecular flexibility index (Phi) is 8.42. The van der Waals surface area contributed by atoms with E-state index in [0.717, 1.165) is 12.1 Å². The van der Waals surface area contributed by atoms with Crippen molar-refractivity contribution in [3.05, 3.63) is 45.9 Å². The second-order valence-electron chi connectivity index (χ2n) is 5.98. The maximum absolute atomic E-state index is 12.6. The quantitative estimate of drug-likeness (QED) is 0.395. The zero-order valence-corrected chi connectivity index (χ0v) is 17.0. The maximum atomic E-state index is 12.6. The first kappa shape index (κ1) is 23.9. The fourth-order valence-corrected chi connectivity index (χ4v) is 3.14. The molecule has 12 heteroatoms. The zero-order chi connectivity index (χ0) is 22.3. The van der Waals surface area contributed by atoms with Crippen molar-refractivity contribution in [3.63, 3.8) is 0 Å². The van der Waals surface area contributed by atoms with Gasteiger partial charge in [0.2, 0.25) is 0 Å². The van der Waals surface area contributed by atoms with Crippen LogP contribution in [0.2, 0.25) is 10.0 Å². The van der Waals surface area contributed by atoms with Gasteiger partial charge >= 0.3 is 12.4 Å². The van der Waals surface area contributed by atoms with Gasteiger partial charge in [-0.05, 0) is 30.2 Å². The average molecular weight is 467 g/mol. The van der Waals surface area contributed by atoms with Crippen LogP contribution in [0.1, 0.15) is 5.56 Å². The highest BCUT2D eigenvalue weighted by molar-refractivity contribution is 6.35. The fraction of sp³-hybridized carbons (Fsp3) is 0.278. The number of anilines is 3. The number of rotatable bonds is 8. The fourth-order valence-electron chi connectivity index (χ4n) is 2.55. The summed E-state index contributed by atoms with van der Waals surface area (Å²) in [7, 11) is 0. The van der Waals surface area contributed by atoms with Crippen molar-refractivity contribution < 1.29 is 27.8 Å². The Labute approximate surface area is 180 Å². The number of nitrogens with one attached hydrogen (secondary N) is 3. The molecule has 0 bridgehead atoms. The summed E-state index contributed by atoms with van der Waals surface area (Å²) in [6.45, 7) is 0.327. The van der Waals surface area contributed by atoms with Crippen LogP contribution >= 0.6 is 23.2 Å². The van der Waals surface area contributed by atoms with Gasteiger partial charge < -0.3 is 31.5 Å². The molecular weight excluding hydrogens is 448 g/mol. The first-order valence-electron chi connectivity index (χ1n) is 8.63. The van der Waals surface area contributed by atoms with Crippen LogP contribution in [0.15, 0.2) is 30.3 Å². The Balaban J connectivity index is 2.24. The Morgan fingerprint density at radius 1 is 1.10 bits per heavy atom. The number of urea groups is 1. The van der Waals surface area contributed by atoms with Crippen LogP contribution < -0.4 is 26.4 Å². The zero-order valence-electron chi connectivity index (χ0n) is 15.4. The van der Waals surface area contributed by atoms with E-state index in [4.69, 9.17) is 28.9 Å².